The molecule has 1 atom stereocenters. The van der Waals surface area contributed by atoms with Crippen molar-refractivity contribution in [3.8, 4) is 11.5 Å². The molecule has 0 spiro atoms. The number of carbonyl (C=O) groups is 2. The molecule has 3 heterocycles. The Morgan fingerprint density at radius 1 is 1.30 bits per heavy atom. The minimum absolute atomic E-state index is 0.0357. The summed E-state index contributed by atoms with van der Waals surface area (Å²) in [5.74, 6) is -1.84. The zero-order valence-corrected chi connectivity index (χ0v) is 16.8. The number of hydrogen-bond acceptors (Lipinski definition) is 9. The van der Waals surface area contributed by atoms with Crippen LogP contribution in [0.15, 0.2) is 51.6 Å². The molecule has 10 heteroatoms. The number of rotatable bonds is 6. The van der Waals surface area contributed by atoms with Gasteiger partial charge in [-0.15, -0.1) is 10.2 Å². The van der Waals surface area contributed by atoms with Crippen molar-refractivity contribution in [2.45, 2.75) is 19.9 Å². The standard InChI is InChI=1S/C20H17N3O6S/c1-3-28-12-6-4-5-11(16(12)24)15-14(17(25)13-8-7-10(2)29-13)18(26)19(27)23(15)20-22-21-9-30-20/h4-9,15,24,26H,3H2,1-2H3. The molecule has 0 fully saturated rings. The first-order valence-corrected chi connectivity index (χ1v) is 9.90. The second-order valence-corrected chi connectivity index (χ2v) is 7.24. The van der Waals surface area contributed by atoms with Crippen LogP contribution in [-0.4, -0.2) is 38.7 Å². The van der Waals surface area contributed by atoms with Crippen LogP contribution in [0.3, 0.4) is 0 Å². The molecule has 30 heavy (non-hydrogen) atoms. The van der Waals surface area contributed by atoms with E-state index in [1.165, 1.54) is 11.6 Å². The summed E-state index contributed by atoms with van der Waals surface area (Å²) in [6.07, 6.45) is 0. The number of nitrogens with zero attached hydrogens (tertiary/aromatic N) is 3. The predicted molar refractivity (Wildman–Crippen MR) is 107 cm³/mol. The van der Waals surface area contributed by atoms with Gasteiger partial charge in [-0.2, -0.15) is 0 Å². The minimum Gasteiger partial charge on any atom is -0.504 e. The average Bonchev–Trinajstić information content (AvgIpc) is 3.45. The van der Waals surface area contributed by atoms with Crippen LogP contribution >= 0.6 is 11.3 Å². The van der Waals surface area contributed by atoms with Crippen LogP contribution in [-0.2, 0) is 4.79 Å². The highest BCUT2D eigenvalue weighted by Crippen LogP contribution is 2.46. The van der Waals surface area contributed by atoms with Gasteiger partial charge >= 0.3 is 0 Å². The number of benzene rings is 1. The van der Waals surface area contributed by atoms with Crippen molar-refractivity contribution in [2.24, 2.45) is 0 Å². The molecule has 0 saturated carbocycles. The molecule has 2 aromatic heterocycles. The maximum Gasteiger partial charge on any atom is 0.296 e. The second-order valence-electron chi connectivity index (χ2n) is 6.43. The van der Waals surface area contributed by atoms with Crippen LogP contribution in [0.2, 0.25) is 0 Å². The maximum absolute atomic E-state index is 13.2. The van der Waals surface area contributed by atoms with Crippen molar-refractivity contribution >= 4 is 28.2 Å². The topological polar surface area (TPSA) is 126 Å². The van der Waals surface area contributed by atoms with E-state index in [1.807, 2.05) is 0 Å². The predicted octanol–water partition coefficient (Wildman–Crippen LogP) is 3.33. The number of aromatic hydroxyl groups is 1. The molecule has 2 N–H and O–H groups in total. The van der Waals surface area contributed by atoms with Crippen LogP contribution in [0.1, 0.15) is 34.8 Å². The van der Waals surface area contributed by atoms with Gasteiger partial charge in [-0.3, -0.25) is 14.5 Å². The van der Waals surface area contributed by atoms with Gasteiger partial charge in [0.1, 0.15) is 17.3 Å². The fourth-order valence-electron chi connectivity index (χ4n) is 3.32. The zero-order chi connectivity index (χ0) is 21.4. The number of phenolic OH excluding ortho intramolecular Hbond substituents is 1. The number of Topliss-reactive ketones (excluding diaryl/α,β-unsaturated/α-hetero) is 1. The molecule has 0 aliphatic carbocycles. The van der Waals surface area contributed by atoms with Gasteiger partial charge in [0.25, 0.3) is 5.91 Å². The monoisotopic (exact) mass is 427 g/mol. The number of phenols is 1. The van der Waals surface area contributed by atoms with Gasteiger partial charge in [0, 0.05) is 5.56 Å². The molecule has 0 bridgehead atoms. The Balaban J connectivity index is 1.91. The van der Waals surface area contributed by atoms with Crippen LogP contribution in [0.5, 0.6) is 11.5 Å². The third-order valence-electron chi connectivity index (χ3n) is 4.60. The van der Waals surface area contributed by atoms with Crippen LogP contribution in [0.25, 0.3) is 0 Å². The van der Waals surface area contributed by atoms with E-state index < -0.39 is 23.5 Å². The number of para-hydroxylation sites is 1. The Kier molecular flexibility index (Phi) is 5.00. The number of hydrogen-bond donors (Lipinski definition) is 2. The number of carbonyl (C=O) groups excluding carboxylic acids is 2. The number of aryl methyl sites for hydroxylation is 1. The van der Waals surface area contributed by atoms with Crippen LogP contribution in [0.4, 0.5) is 5.13 Å². The van der Waals surface area contributed by atoms with E-state index in [0.717, 1.165) is 16.2 Å². The first-order valence-electron chi connectivity index (χ1n) is 9.02. The lowest BCUT2D eigenvalue weighted by Gasteiger charge is -2.25. The minimum atomic E-state index is -1.15. The Labute approximate surface area is 174 Å². The van der Waals surface area contributed by atoms with Crippen molar-refractivity contribution in [3.05, 3.63) is 64.3 Å². The lowest BCUT2D eigenvalue weighted by molar-refractivity contribution is -0.117. The molecule has 154 valence electrons. The van der Waals surface area contributed by atoms with Gasteiger partial charge in [0.05, 0.1) is 12.2 Å². The SMILES string of the molecule is CCOc1cccc(C2C(C(=O)c3ccc(C)o3)=C(O)C(=O)N2c2nncs2)c1O. The van der Waals surface area contributed by atoms with E-state index in [1.54, 1.807) is 38.1 Å². The van der Waals surface area contributed by atoms with E-state index in [9.17, 15) is 19.8 Å². The summed E-state index contributed by atoms with van der Waals surface area (Å²) in [5.41, 5.74) is 1.39. The lowest BCUT2D eigenvalue weighted by atomic mass is 9.94. The zero-order valence-electron chi connectivity index (χ0n) is 16.0. The Morgan fingerprint density at radius 3 is 2.73 bits per heavy atom. The quantitative estimate of drug-likeness (QED) is 0.574. The first kappa shape index (κ1) is 19.6. The lowest BCUT2D eigenvalue weighted by Crippen LogP contribution is -2.31. The van der Waals surface area contributed by atoms with Gasteiger partial charge in [0.15, 0.2) is 23.0 Å². The Bertz CT molecular complexity index is 1150. The third kappa shape index (κ3) is 3.11. The number of amides is 1. The van der Waals surface area contributed by atoms with E-state index in [0.29, 0.717) is 12.4 Å². The van der Waals surface area contributed by atoms with Crippen LogP contribution in [0, 0.1) is 6.92 Å². The summed E-state index contributed by atoms with van der Waals surface area (Å²) < 4.78 is 10.8. The molecule has 4 rings (SSSR count). The maximum atomic E-state index is 13.2. The molecule has 9 nitrogen and oxygen atoms in total. The van der Waals surface area contributed by atoms with Crippen molar-refractivity contribution in [1.29, 1.82) is 0 Å². The molecule has 0 saturated heterocycles. The summed E-state index contributed by atoms with van der Waals surface area (Å²) >= 11 is 1.06. The van der Waals surface area contributed by atoms with E-state index in [2.05, 4.69) is 10.2 Å². The third-order valence-corrected chi connectivity index (χ3v) is 5.29. The number of aliphatic hydroxyl groups excluding tert-OH is 1. The Hall–Kier alpha value is -3.66. The fourth-order valence-corrected chi connectivity index (χ4v) is 3.91. The Morgan fingerprint density at radius 2 is 2.10 bits per heavy atom. The molecule has 1 unspecified atom stereocenters. The van der Waals surface area contributed by atoms with Gasteiger partial charge in [0.2, 0.25) is 10.9 Å². The largest absolute Gasteiger partial charge is 0.504 e. The highest BCUT2D eigenvalue weighted by Gasteiger charge is 2.47. The van der Waals surface area contributed by atoms with Crippen molar-refractivity contribution in [2.75, 3.05) is 11.5 Å². The number of aliphatic hydroxyl groups is 1. The summed E-state index contributed by atoms with van der Waals surface area (Å²) in [5, 5.41) is 29.2. The van der Waals surface area contributed by atoms with E-state index >= 15 is 0 Å². The van der Waals surface area contributed by atoms with Crippen molar-refractivity contribution in [1.82, 2.24) is 10.2 Å². The van der Waals surface area contributed by atoms with Crippen molar-refractivity contribution < 1.29 is 29.0 Å². The van der Waals surface area contributed by atoms with Gasteiger partial charge in [-0.25, -0.2) is 0 Å². The van der Waals surface area contributed by atoms with Gasteiger partial charge in [-0.1, -0.05) is 23.5 Å². The van der Waals surface area contributed by atoms with Gasteiger partial charge < -0.3 is 19.4 Å². The summed E-state index contributed by atoms with van der Waals surface area (Å²) in [6, 6.07) is 6.65. The van der Waals surface area contributed by atoms with Gasteiger partial charge in [-0.05, 0) is 32.0 Å². The number of ether oxygens (including phenoxy) is 1. The molecule has 1 aliphatic heterocycles. The second kappa shape index (κ2) is 7.64. The number of ketones is 1. The fraction of sp³-hybridized carbons (Fsp3) is 0.200. The highest BCUT2D eigenvalue weighted by molar-refractivity contribution is 7.13. The van der Waals surface area contributed by atoms with Crippen LogP contribution < -0.4 is 9.64 Å². The number of anilines is 1. The molecular weight excluding hydrogens is 410 g/mol. The molecule has 0 radical (unpaired) electrons. The molecule has 1 amide bonds. The molecular formula is C20H17N3O6S. The summed E-state index contributed by atoms with van der Waals surface area (Å²) in [4.78, 5) is 27.2. The molecule has 3 aromatic rings. The highest BCUT2D eigenvalue weighted by atomic mass is 32.1. The van der Waals surface area contributed by atoms with E-state index in [4.69, 9.17) is 9.15 Å². The van der Waals surface area contributed by atoms with Crippen molar-refractivity contribution in [3.63, 3.8) is 0 Å². The summed E-state index contributed by atoms with van der Waals surface area (Å²) in [7, 11) is 0. The molecule has 1 aromatic carbocycles. The number of furan rings is 1. The normalized spacial score (nSPS) is 16.4. The molecule has 1 aliphatic rings. The number of aromatic nitrogens is 2. The summed E-state index contributed by atoms with van der Waals surface area (Å²) in [6.45, 7) is 3.74. The first-order chi connectivity index (χ1) is 14.4. The average molecular weight is 427 g/mol. The van der Waals surface area contributed by atoms with E-state index in [-0.39, 0.29) is 33.5 Å². The smallest absolute Gasteiger partial charge is 0.296 e.